The number of halogens is 1. The Morgan fingerprint density at radius 2 is 1.79 bits per heavy atom. The summed E-state index contributed by atoms with van der Waals surface area (Å²) in [5.74, 6) is 1.23. The predicted octanol–water partition coefficient (Wildman–Crippen LogP) is 5.70. The smallest absolute Gasteiger partial charge is 0.323 e. The quantitative estimate of drug-likeness (QED) is 0.257. The number of benzene rings is 2. The number of anilines is 3. The number of nitrogens with zero attached hydrogens (tertiary/aromatic N) is 4. The standard InChI is InChI=1S/C31H27FN6O4/c1-19(39)15-20-4-9-25(24(32)16-20)36-31(40)34-23-7-5-21(6-8-23)29-35-26-17-22(27-3-2-12-42-27)18-33-28(26)30(37-29)38-10-13-41-14-11-38/h2-9,12,16-18H,10-11,13-15H2,1H3,(H2,34,36,40). The van der Waals surface area contributed by atoms with Gasteiger partial charge in [-0.1, -0.05) is 6.07 Å². The van der Waals surface area contributed by atoms with E-state index in [1.807, 2.05) is 18.2 Å². The number of hydrogen-bond donors (Lipinski definition) is 2. The molecule has 0 aliphatic carbocycles. The lowest BCUT2D eigenvalue weighted by Gasteiger charge is -2.28. The van der Waals surface area contributed by atoms with Crippen LogP contribution in [0.5, 0.6) is 0 Å². The maximum absolute atomic E-state index is 14.4. The van der Waals surface area contributed by atoms with Gasteiger partial charge in [-0.05, 0) is 67.1 Å². The summed E-state index contributed by atoms with van der Waals surface area (Å²) < 4.78 is 25.5. The van der Waals surface area contributed by atoms with E-state index in [1.54, 1.807) is 42.8 Å². The summed E-state index contributed by atoms with van der Waals surface area (Å²) in [6, 6.07) is 16.4. The number of aromatic nitrogens is 3. The summed E-state index contributed by atoms with van der Waals surface area (Å²) in [4.78, 5) is 40.4. The van der Waals surface area contributed by atoms with Crippen LogP contribution in [0.1, 0.15) is 12.5 Å². The van der Waals surface area contributed by atoms with E-state index >= 15 is 0 Å². The van der Waals surface area contributed by atoms with Crippen molar-refractivity contribution in [1.82, 2.24) is 15.0 Å². The highest BCUT2D eigenvalue weighted by molar-refractivity contribution is 6.00. The van der Waals surface area contributed by atoms with Crippen LogP contribution in [0.4, 0.5) is 26.4 Å². The van der Waals surface area contributed by atoms with Gasteiger partial charge in [0.15, 0.2) is 11.6 Å². The highest BCUT2D eigenvalue weighted by Crippen LogP contribution is 2.30. The molecular formula is C31H27FN6O4. The number of urea groups is 1. The Balaban J connectivity index is 1.24. The van der Waals surface area contributed by atoms with Gasteiger partial charge in [0, 0.05) is 42.5 Å². The molecule has 1 fully saturated rings. The van der Waals surface area contributed by atoms with Gasteiger partial charge in [-0.25, -0.2) is 24.1 Å². The van der Waals surface area contributed by atoms with Crippen LogP contribution < -0.4 is 15.5 Å². The molecule has 0 spiro atoms. The van der Waals surface area contributed by atoms with Crippen molar-refractivity contribution in [1.29, 1.82) is 0 Å². The molecule has 42 heavy (non-hydrogen) atoms. The normalized spacial score (nSPS) is 13.2. The van der Waals surface area contributed by atoms with Crippen LogP contribution in [0, 0.1) is 5.82 Å². The highest BCUT2D eigenvalue weighted by atomic mass is 19.1. The number of carbonyl (C=O) groups is 2. The van der Waals surface area contributed by atoms with Gasteiger partial charge in [0.05, 0.1) is 30.7 Å². The van der Waals surface area contributed by atoms with E-state index in [-0.39, 0.29) is 17.9 Å². The molecule has 6 rings (SSSR count). The topological polar surface area (TPSA) is 122 Å². The highest BCUT2D eigenvalue weighted by Gasteiger charge is 2.20. The van der Waals surface area contributed by atoms with Crippen molar-refractivity contribution in [2.45, 2.75) is 13.3 Å². The molecule has 2 amide bonds. The fourth-order valence-corrected chi connectivity index (χ4v) is 4.75. The molecular weight excluding hydrogens is 539 g/mol. The van der Waals surface area contributed by atoms with Crippen molar-refractivity contribution in [3.05, 3.63) is 84.5 Å². The minimum Gasteiger partial charge on any atom is -0.464 e. The Hall–Kier alpha value is -5.16. The maximum atomic E-state index is 14.4. The molecule has 0 radical (unpaired) electrons. The van der Waals surface area contributed by atoms with Crippen LogP contribution in [-0.4, -0.2) is 53.1 Å². The first-order valence-electron chi connectivity index (χ1n) is 13.4. The third kappa shape index (κ3) is 5.96. The monoisotopic (exact) mass is 566 g/mol. The van der Waals surface area contributed by atoms with Crippen LogP contribution in [-0.2, 0) is 16.0 Å². The second kappa shape index (κ2) is 11.8. The zero-order valence-corrected chi connectivity index (χ0v) is 22.8. The summed E-state index contributed by atoms with van der Waals surface area (Å²) in [6.45, 7) is 4.00. The molecule has 1 saturated heterocycles. The van der Waals surface area contributed by atoms with Crippen molar-refractivity contribution in [3.63, 3.8) is 0 Å². The lowest BCUT2D eigenvalue weighted by atomic mass is 10.1. The summed E-state index contributed by atoms with van der Waals surface area (Å²) in [5.41, 5.74) is 3.97. The average molecular weight is 567 g/mol. The van der Waals surface area contributed by atoms with Gasteiger partial charge >= 0.3 is 6.03 Å². The van der Waals surface area contributed by atoms with Crippen molar-refractivity contribution in [3.8, 4) is 22.7 Å². The summed E-state index contributed by atoms with van der Waals surface area (Å²) in [6.07, 6.45) is 3.50. The van der Waals surface area contributed by atoms with Gasteiger partial charge in [-0.3, -0.25) is 4.79 Å². The number of morpholine rings is 1. The maximum Gasteiger partial charge on any atom is 0.323 e. The predicted molar refractivity (Wildman–Crippen MR) is 157 cm³/mol. The molecule has 0 unspecified atom stereocenters. The molecule has 0 bridgehead atoms. The number of pyridine rings is 1. The molecule has 2 aromatic carbocycles. The van der Waals surface area contributed by atoms with E-state index in [0.717, 1.165) is 16.9 Å². The Morgan fingerprint density at radius 3 is 2.50 bits per heavy atom. The molecule has 0 atom stereocenters. The number of fused-ring (bicyclic) bond motifs is 1. The van der Waals surface area contributed by atoms with E-state index in [4.69, 9.17) is 19.1 Å². The first-order valence-corrected chi connectivity index (χ1v) is 13.4. The van der Waals surface area contributed by atoms with Crippen LogP contribution in [0.3, 0.4) is 0 Å². The summed E-state index contributed by atoms with van der Waals surface area (Å²) in [7, 11) is 0. The minimum absolute atomic E-state index is 0.0131. The molecule has 1 aliphatic rings. The van der Waals surface area contributed by atoms with Gasteiger partial charge < -0.3 is 24.7 Å². The molecule has 3 aromatic heterocycles. The minimum atomic E-state index is -0.617. The van der Waals surface area contributed by atoms with Gasteiger partial charge in [-0.15, -0.1) is 0 Å². The van der Waals surface area contributed by atoms with Crippen molar-refractivity contribution in [2.75, 3.05) is 41.8 Å². The van der Waals surface area contributed by atoms with Crippen LogP contribution in [0.25, 0.3) is 33.7 Å². The largest absolute Gasteiger partial charge is 0.464 e. The molecule has 4 heterocycles. The zero-order valence-electron chi connectivity index (χ0n) is 22.8. The van der Waals surface area contributed by atoms with Gasteiger partial charge in [-0.2, -0.15) is 0 Å². The summed E-state index contributed by atoms with van der Waals surface area (Å²) >= 11 is 0. The van der Waals surface area contributed by atoms with Gasteiger partial charge in [0.1, 0.15) is 22.9 Å². The van der Waals surface area contributed by atoms with Crippen LogP contribution >= 0.6 is 0 Å². The van der Waals surface area contributed by atoms with E-state index in [1.165, 1.54) is 19.1 Å². The summed E-state index contributed by atoms with van der Waals surface area (Å²) in [5, 5.41) is 5.21. The molecule has 0 saturated carbocycles. The molecule has 2 N–H and O–H groups in total. The number of rotatable bonds is 7. The second-order valence-electron chi connectivity index (χ2n) is 9.89. The second-order valence-corrected chi connectivity index (χ2v) is 9.89. The van der Waals surface area contributed by atoms with Gasteiger partial charge in [0.2, 0.25) is 0 Å². The lowest BCUT2D eigenvalue weighted by molar-refractivity contribution is -0.116. The SMILES string of the molecule is CC(=O)Cc1ccc(NC(=O)Nc2ccc(-c3nc(N4CCOCC4)c4ncc(-c5ccco5)cc4n3)cc2)c(F)c1. The fourth-order valence-electron chi connectivity index (χ4n) is 4.75. The van der Waals surface area contributed by atoms with E-state index in [0.29, 0.717) is 60.2 Å². The first kappa shape index (κ1) is 27.0. The number of ketones is 1. The molecule has 10 nitrogen and oxygen atoms in total. The zero-order chi connectivity index (χ0) is 29.1. The number of ether oxygens (including phenoxy) is 1. The van der Waals surface area contributed by atoms with Gasteiger partial charge in [0.25, 0.3) is 0 Å². The number of hydrogen-bond acceptors (Lipinski definition) is 8. The fraction of sp³-hybridized carbons (Fsp3) is 0.194. The van der Waals surface area contributed by atoms with E-state index < -0.39 is 11.8 Å². The first-order chi connectivity index (χ1) is 20.4. The third-order valence-corrected chi connectivity index (χ3v) is 6.77. The number of Topliss-reactive ketones (excluding diaryl/α,β-unsaturated/α-hetero) is 1. The number of furan rings is 1. The Bertz CT molecular complexity index is 1750. The molecule has 1 aliphatic heterocycles. The number of amides is 2. The van der Waals surface area contributed by atoms with Crippen molar-refractivity contribution < 1.29 is 23.1 Å². The Morgan fingerprint density at radius 1 is 0.976 bits per heavy atom. The molecule has 11 heteroatoms. The van der Waals surface area contributed by atoms with Crippen molar-refractivity contribution >= 4 is 40.0 Å². The van der Waals surface area contributed by atoms with E-state index in [2.05, 4.69) is 20.5 Å². The van der Waals surface area contributed by atoms with E-state index in [9.17, 15) is 14.0 Å². The average Bonchev–Trinajstić information content (AvgIpc) is 3.54. The van der Waals surface area contributed by atoms with Crippen molar-refractivity contribution in [2.24, 2.45) is 0 Å². The molecule has 5 aromatic rings. The van der Waals surface area contributed by atoms with Crippen LogP contribution in [0.15, 0.2) is 77.5 Å². The lowest BCUT2D eigenvalue weighted by Crippen LogP contribution is -2.37. The molecule has 212 valence electrons. The third-order valence-electron chi connectivity index (χ3n) is 6.77. The van der Waals surface area contributed by atoms with Crippen LogP contribution in [0.2, 0.25) is 0 Å². The Labute approximate surface area is 240 Å². The number of carbonyl (C=O) groups excluding carboxylic acids is 2. The number of nitrogens with one attached hydrogen (secondary N) is 2. The Kier molecular flexibility index (Phi) is 7.56.